The summed E-state index contributed by atoms with van der Waals surface area (Å²) in [4.78, 5) is 25.7. The summed E-state index contributed by atoms with van der Waals surface area (Å²) in [7, 11) is 0. The van der Waals surface area contributed by atoms with Crippen molar-refractivity contribution in [1.29, 1.82) is 0 Å². The molecule has 3 heterocycles. The van der Waals surface area contributed by atoms with Crippen molar-refractivity contribution < 1.29 is 14.3 Å². The number of nitrogens with zero attached hydrogens (tertiary/aromatic N) is 4. The van der Waals surface area contributed by atoms with Gasteiger partial charge < -0.3 is 15.2 Å². The molecular formula is C22H24ClN5O3. The van der Waals surface area contributed by atoms with E-state index in [1.165, 1.54) is 0 Å². The highest BCUT2D eigenvalue weighted by molar-refractivity contribution is 6.33. The Morgan fingerprint density at radius 3 is 2.81 bits per heavy atom. The molecule has 2 unspecified atom stereocenters. The number of carbonyl (C=O) groups excluding carboxylic acids is 1. The average Bonchev–Trinajstić information content (AvgIpc) is 3.28. The second kappa shape index (κ2) is 8.28. The van der Waals surface area contributed by atoms with Crippen LogP contribution in [-0.4, -0.2) is 37.2 Å². The average molecular weight is 442 g/mol. The molecule has 8 nitrogen and oxygen atoms in total. The zero-order valence-electron chi connectivity index (χ0n) is 17.4. The molecule has 2 aromatic heterocycles. The molecule has 1 saturated heterocycles. The largest absolute Gasteiger partial charge is 0.450 e. The predicted octanol–water partition coefficient (Wildman–Crippen LogP) is 4.18. The number of anilines is 1. The minimum absolute atomic E-state index is 0.0212. The summed E-state index contributed by atoms with van der Waals surface area (Å²) in [5.74, 6) is -0.538. The van der Waals surface area contributed by atoms with E-state index in [-0.39, 0.29) is 23.1 Å². The van der Waals surface area contributed by atoms with Gasteiger partial charge in [0.2, 0.25) is 5.95 Å². The third-order valence-corrected chi connectivity index (χ3v) is 6.12. The summed E-state index contributed by atoms with van der Waals surface area (Å²) in [6.07, 6.45) is 3.56. The highest BCUT2D eigenvalue weighted by Gasteiger charge is 2.57. The fraction of sp³-hybridized carbons (Fsp3) is 0.364. The molecule has 1 aliphatic heterocycles. The number of ether oxygens (including phenoxy) is 2. The van der Waals surface area contributed by atoms with Crippen molar-refractivity contribution in [2.45, 2.75) is 44.6 Å². The SMILES string of the molecule is C=CC[C@]1(OC(=O)c2ccccc2)C(n2cnc3c(Cl)nc(N)nc32)OC(CC)[C@H]1C. The van der Waals surface area contributed by atoms with Crippen molar-refractivity contribution in [3.05, 3.63) is 60.0 Å². The molecule has 0 saturated carbocycles. The molecule has 3 aromatic rings. The van der Waals surface area contributed by atoms with E-state index in [2.05, 4.69) is 21.5 Å². The Hall–Kier alpha value is -2.97. The Bertz CT molecular complexity index is 1120. The van der Waals surface area contributed by atoms with Gasteiger partial charge >= 0.3 is 5.97 Å². The molecule has 4 atom stereocenters. The van der Waals surface area contributed by atoms with Crippen molar-refractivity contribution in [2.75, 3.05) is 5.73 Å². The number of nitrogens with two attached hydrogens (primary N) is 1. The molecule has 0 amide bonds. The Morgan fingerprint density at radius 1 is 1.39 bits per heavy atom. The molecule has 162 valence electrons. The zero-order chi connectivity index (χ0) is 22.2. The van der Waals surface area contributed by atoms with Crippen molar-refractivity contribution >= 4 is 34.7 Å². The molecular weight excluding hydrogens is 418 g/mol. The number of hydrogen-bond acceptors (Lipinski definition) is 7. The third-order valence-electron chi connectivity index (χ3n) is 5.86. The summed E-state index contributed by atoms with van der Waals surface area (Å²) in [5.41, 5.74) is 6.06. The van der Waals surface area contributed by atoms with Gasteiger partial charge in [0.15, 0.2) is 22.6 Å². The van der Waals surface area contributed by atoms with Crippen molar-refractivity contribution in [3.8, 4) is 0 Å². The summed E-state index contributed by atoms with van der Waals surface area (Å²) < 4.78 is 14.4. The quantitative estimate of drug-likeness (QED) is 0.347. The number of aromatic nitrogens is 4. The fourth-order valence-electron chi connectivity index (χ4n) is 4.26. The summed E-state index contributed by atoms with van der Waals surface area (Å²) in [6.45, 7) is 7.95. The number of benzene rings is 1. The predicted molar refractivity (Wildman–Crippen MR) is 118 cm³/mol. The number of carbonyl (C=O) groups is 1. The second-order valence-electron chi connectivity index (χ2n) is 7.62. The van der Waals surface area contributed by atoms with E-state index < -0.39 is 17.8 Å². The number of imidazole rings is 1. The molecule has 1 aliphatic rings. The van der Waals surface area contributed by atoms with E-state index in [0.717, 1.165) is 6.42 Å². The van der Waals surface area contributed by atoms with Crippen molar-refractivity contribution in [2.24, 2.45) is 5.92 Å². The van der Waals surface area contributed by atoms with E-state index in [1.54, 1.807) is 41.2 Å². The van der Waals surface area contributed by atoms with Crippen LogP contribution in [0.5, 0.6) is 0 Å². The molecule has 0 bridgehead atoms. The van der Waals surface area contributed by atoms with Crippen molar-refractivity contribution in [3.63, 3.8) is 0 Å². The van der Waals surface area contributed by atoms with Gasteiger partial charge in [0, 0.05) is 12.3 Å². The maximum absolute atomic E-state index is 13.1. The summed E-state index contributed by atoms with van der Waals surface area (Å²) >= 11 is 6.21. The van der Waals surface area contributed by atoms with Gasteiger partial charge in [-0.3, -0.25) is 4.57 Å². The van der Waals surface area contributed by atoms with E-state index >= 15 is 0 Å². The van der Waals surface area contributed by atoms with E-state index in [0.29, 0.717) is 23.1 Å². The molecule has 1 aromatic carbocycles. The van der Waals surface area contributed by atoms with Crippen LogP contribution in [0.15, 0.2) is 49.3 Å². The number of esters is 1. The highest BCUT2D eigenvalue weighted by atomic mass is 35.5. The summed E-state index contributed by atoms with van der Waals surface area (Å²) in [6, 6.07) is 8.87. The lowest BCUT2D eigenvalue weighted by molar-refractivity contribution is -0.103. The van der Waals surface area contributed by atoms with Gasteiger partial charge in [-0.15, -0.1) is 6.58 Å². The molecule has 31 heavy (non-hydrogen) atoms. The second-order valence-corrected chi connectivity index (χ2v) is 7.98. The lowest BCUT2D eigenvalue weighted by Gasteiger charge is -2.36. The highest BCUT2D eigenvalue weighted by Crippen LogP contribution is 2.49. The van der Waals surface area contributed by atoms with Crippen LogP contribution >= 0.6 is 11.6 Å². The van der Waals surface area contributed by atoms with Crippen LogP contribution in [0, 0.1) is 5.92 Å². The van der Waals surface area contributed by atoms with Crippen LogP contribution < -0.4 is 5.73 Å². The first-order chi connectivity index (χ1) is 14.9. The number of fused-ring (bicyclic) bond motifs is 1. The van der Waals surface area contributed by atoms with E-state index in [1.807, 2.05) is 19.9 Å². The Labute approximate surface area is 185 Å². The zero-order valence-corrected chi connectivity index (χ0v) is 18.1. The van der Waals surface area contributed by atoms with Gasteiger partial charge in [0.1, 0.15) is 5.52 Å². The maximum atomic E-state index is 13.1. The van der Waals surface area contributed by atoms with E-state index in [9.17, 15) is 4.79 Å². The Kier molecular flexibility index (Phi) is 5.68. The molecule has 2 N–H and O–H groups in total. The smallest absolute Gasteiger partial charge is 0.338 e. The normalized spacial score (nSPS) is 25.6. The number of nitrogen functional groups attached to an aromatic ring is 1. The number of hydrogen-bond donors (Lipinski definition) is 1. The van der Waals surface area contributed by atoms with Gasteiger partial charge in [-0.2, -0.15) is 9.97 Å². The van der Waals surface area contributed by atoms with Gasteiger partial charge in [0.25, 0.3) is 0 Å². The summed E-state index contributed by atoms with van der Waals surface area (Å²) in [5, 5.41) is 0.148. The Balaban J connectivity index is 1.84. The number of halogens is 1. The Morgan fingerprint density at radius 2 is 2.13 bits per heavy atom. The third kappa shape index (κ3) is 3.55. The van der Waals surface area contributed by atoms with Crippen LogP contribution in [0.1, 0.15) is 43.3 Å². The minimum atomic E-state index is -1.03. The minimum Gasteiger partial charge on any atom is -0.450 e. The monoisotopic (exact) mass is 441 g/mol. The maximum Gasteiger partial charge on any atom is 0.338 e. The molecule has 0 aliphatic carbocycles. The van der Waals surface area contributed by atoms with Gasteiger partial charge in [-0.25, -0.2) is 9.78 Å². The van der Waals surface area contributed by atoms with Gasteiger partial charge in [-0.1, -0.05) is 49.7 Å². The first-order valence-corrected chi connectivity index (χ1v) is 10.5. The molecule has 0 radical (unpaired) electrons. The van der Waals surface area contributed by atoms with Crippen molar-refractivity contribution in [1.82, 2.24) is 19.5 Å². The van der Waals surface area contributed by atoms with Gasteiger partial charge in [0.05, 0.1) is 18.0 Å². The first kappa shape index (κ1) is 21.3. The fourth-order valence-corrected chi connectivity index (χ4v) is 4.48. The topological polar surface area (TPSA) is 105 Å². The van der Waals surface area contributed by atoms with E-state index in [4.69, 9.17) is 26.8 Å². The van der Waals surface area contributed by atoms with Crippen LogP contribution in [0.4, 0.5) is 5.95 Å². The van der Waals surface area contributed by atoms with Gasteiger partial charge in [-0.05, 0) is 18.6 Å². The molecule has 4 rings (SSSR count). The molecule has 1 fully saturated rings. The lowest BCUT2D eigenvalue weighted by Crippen LogP contribution is -2.45. The van der Waals surface area contributed by atoms with Crippen LogP contribution in [-0.2, 0) is 9.47 Å². The molecule has 0 spiro atoms. The standard InChI is InChI=1S/C22H24ClN5O3/c1-4-11-22(31-19(29)14-9-7-6-8-10-14)13(3)15(5-2)30-20(22)28-12-25-16-17(23)26-21(24)27-18(16)28/h4,6-10,12-13,15,20H,1,5,11H2,2-3H3,(H2,24,26,27)/t13-,15?,20?,22-/m1/s1. The number of rotatable bonds is 6. The van der Waals surface area contributed by atoms with Crippen LogP contribution in [0.2, 0.25) is 5.15 Å². The molecule has 9 heteroatoms. The van der Waals surface area contributed by atoms with Crippen LogP contribution in [0.3, 0.4) is 0 Å². The van der Waals surface area contributed by atoms with Crippen LogP contribution in [0.25, 0.3) is 11.2 Å². The first-order valence-electron chi connectivity index (χ1n) is 10.1. The lowest BCUT2D eigenvalue weighted by atomic mass is 9.82.